The van der Waals surface area contributed by atoms with Crippen LogP contribution in [0.3, 0.4) is 0 Å². The Morgan fingerprint density at radius 3 is 2.28 bits per heavy atom. The van der Waals surface area contributed by atoms with E-state index in [0.29, 0.717) is 28.3 Å². The van der Waals surface area contributed by atoms with Crippen LogP contribution in [0.1, 0.15) is 22.3 Å². The topological polar surface area (TPSA) is 49.4 Å². The molecule has 0 saturated heterocycles. The molecule has 4 rings (SSSR count). The fourth-order valence-corrected chi connectivity index (χ4v) is 3.81. The molecule has 0 radical (unpaired) electrons. The first-order chi connectivity index (χ1) is 15.3. The van der Waals surface area contributed by atoms with Crippen molar-refractivity contribution < 1.29 is 14.0 Å². The Balaban J connectivity index is 1.68. The maximum absolute atomic E-state index is 13.4. The highest BCUT2D eigenvalue weighted by atomic mass is 35.5. The number of carbonyl (C=O) groups excluding carboxylic acids is 2. The summed E-state index contributed by atoms with van der Waals surface area (Å²) < 4.78 is 13.2. The van der Waals surface area contributed by atoms with Gasteiger partial charge in [0.05, 0.1) is 5.57 Å². The van der Waals surface area contributed by atoms with Crippen LogP contribution in [-0.4, -0.2) is 23.3 Å². The fourth-order valence-electron chi connectivity index (χ4n) is 3.64. The van der Waals surface area contributed by atoms with Crippen molar-refractivity contribution in [3.63, 3.8) is 0 Å². The summed E-state index contributed by atoms with van der Waals surface area (Å²) in [6.07, 6.45) is 0.433. The molecule has 0 unspecified atom stereocenters. The van der Waals surface area contributed by atoms with Gasteiger partial charge in [0.15, 0.2) is 0 Å². The molecule has 162 valence electrons. The molecule has 1 aliphatic heterocycles. The lowest BCUT2D eigenvalue weighted by atomic mass is 10.0. The van der Waals surface area contributed by atoms with Gasteiger partial charge in [-0.05, 0) is 61.2 Å². The lowest BCUT2D eigenvalue weighted by molar-refractivity contribution is -0.136. The molecule has 0 spiro atoms. The fraction of sp³-hybridized carbons (Fsp3) is 0.154. The molecule has 0 saturated carbocycles. The molecule has 0 atom stereocenters. The summed E-state index contributed by atoms with van der Waals surface area (Å²) >= 11 is 6.15. The Hall–Kier alpha value is -3.44. The average Bonchev–Trinajstić information content (AvgIpc) is 3.00. The van der Waals surface area contributed by atoms with E-state index in [1.165, 1.54) is 17.0 Å². The van der Waals surface area contributed by atoms with Crippen LogP contribution in [0.2, 0.25) is 5.02 Å². The van der Waals surface area contributed by atoms with Crippen molar-refractivity contribution in [3.8, 4) is 0 Å². The Morgan fingerprint density at radius 1 is 0.906 bits per heavy atom. The van der Waals surface area contributed by atoms with E-state index in [4.69, 9.17) is 11.6 Å². The summed E-state index contributed by atoms with van der Waals surface area (Å²) in [6.45, 7) is 4.06. The SMILES string of the molecule is Cc1ccc(C2=C(Nc3cc(Cl)ccc3C)C(=O)N(CCc3ccc(F)cc3)C2=O)cc1. The molecule has 2 amide bonds. The van der Waals surface area contributed by atoms with Crippen LogP contribution in [0.4, 0.5) is 10.1 Å². The first-order valence-corrected chi connectivity index (χ1v) is 10.7. The largest absolute Gasteiger partial charge is 0.350 e. The molecule has 1 N–H and O–H groups in total. The van der Waals surface area contributed by atoms with Gasteiger partial charge in [-0.15, -0.1) is 0 Å². The van der Waals surface area contributed by atoms with Gasteiger partial charge in [-0.2, -0.15) is 0 Å². The van der Waals surface area contributed by atoms with Gasteiger partial charge >= 0.3 is 0 Å². The number of aryl methyl sites for hydroxylation is 2. The zero-order chi connectivity index (χ0) is 22.8. The van der Waals surface area contributed by atoms with Crippen LogP contribution in [0.15, 0.2) is 72.4 Å². The van der Waals surface area contributed by atoms with E-state index in [1.54, 1.807) is 24.3 Å². The molecule has 3 aromatic rings. The lowest BCUT2D eigenvalue weighted by Crippen LogP contribution is -2.34. The number of anilines is 1. The minimum Gasteiger partial charge on any atom is -0.350 e. The maximum Gasteiger partial charge on any atom is 0.278 e. The van der Waals surface area contributed by atoms with Crippen LogP contribution >= 0.6 is 11.6 Å². The summed E-state index contributed by atoms with van der Waals surface area (Å²) in [6, 6.07) is 18.9. The predicted octanol–water partition coefficient (Wildman–Crippen LogP) is 5.53. The van der Waals surface area contributed by atoms with E-state index >= 15 is 0 Å². The van der Waals surface area contributed by atoms with Crippen molar-refractivity contribution in [2.45, 2.75) is 20.3 Å². The van der Waals surface area contributed by atoms with Gasteiger partial charge in [0, 0.05) is 17.3 Å². The zero-order valence-electron chi connectivity index (χ0n) is 17.8. The van der Waals surface area contributed by atoms with Crippen LogP contribution in [-0.2, 0) is 16.0 Å². The molecule has 4 nitrogen and oxygen atoms in total. The molecule has 0 fully saturated rings. The van der Waals surface area contributed by atoms with E-state index in [0.717, 1.165) is 16.7 Å². The van der Waals surface area contributed by atoms with Gasteiger partial charge in [0.2, 0.25) is 0 Å². The van der Waals surface area contributed by atoms with Crippen molar-refractivity contribution >= 4 is 34.7 Å². The first kappa shape index (κ1) is 21.8. The smallest absolute Gasteiger partial charge is 0.278 e. The van der Waals surface area contributed by atoms with Crippen molar-refractivity contribution in [2.75, 3.05) is 11.9 Å². The van der Waals surface area contributed by atoms with Gasteiger partial charge in [-0.1, -0.05) is 59.6 Å². The number of halogens is 2. The van der Waals surface area contributed by atoms with E-state index in [9.17, 15) is 14.0 Å². The van der Waals surface area contributed by atoms with Crippen LogP contribution in [0.25, 0.3) is 5.57 Å². The summed E-state index contributed by atoms with van der Waals surface area (Å²) in [4.78, 5) is 27.9. The van der Waals surface area contributed by atoms with E-state index in [1.807, 2.05) is 44.2 Å². The predicted molar refractivity (Wildman–Crippen MR) is 125 cm³/mol. The number of hydrogen-bond donors (Lipinski definition) is 1. The highest BCUT2D eigenvalue weighted by Gasteiger charge is 2.39. The number of benzene rings is 3. The number of amides is 2. The van der Waals surface area contributed by atoms with Crippen molar-refractivity contribution in [1.82, 2.24) is 4.90 Å². The summed E-state index contributed by atoms with van der Waals surface area (Å²) in [5.74, 6) is -1.08. The third-order valence-electron chi connectivity index (χ3n) is 5.50. The Kier molecular flexibility index (Phi) is 6.10. The number of carbonyl (C=O) groups is 2. The Labute approximate surface area is 191 Å². The maximum atomic E-state index is 13.4. The standard InChI is InChI=1S/C26H22ClFN2O2/c1-16-3-8-19(9-4-16)23-24(29-22-15-20(27)10-5-17(22)2)26(32)30(25(23)31)14-13-18-6-11-21(28)12-7-18/h3-12,15,29H,13-14H2,1-2H3. The second kappa shape index (κ2) is 8.97. The molecule has 0 aliphatic carbocycles. The molecule has 1 heterocycles. The van der Waals surface area contributed by atoms with Gasteiger partial charge in [-0.25, -0.2) is 4.39 Å². The number of nitrogens with zero attached hydrogens (tertiary/aromatic N) is 1. The summed E-state index contributed by atoms with van der Waals surface area (Å²) in [7, 11) is 0. The molecule has 3 aromatic carbocycles. The monoisotopic (exact) mass is 448 g/mol. The second-order valence-electron chi connectivity index (χ2n) is 7.84. The number of nitrogens with one attached hydrogen (secondary N) is 1. The first-order valence-electron chi connectivity index (χ1n) is 10.3. The van der Waals surface area contributed by atoms with E-state index < -0.39 is 5.91 Å². The highest BCUT2D eigenvalue weighted by molar-refractivity contribution is 6.36. The summed E-state index contributed by atoms with van der Waals surface area (Å²) in [5, 5.41) is 3.69. The van der Waals surface area contributed by atoms with Gasteiger partial charge in [-0.3, -0.25) is 14.5 Å². The molecule has 6 heteroatoms. The molecular formula is C26H22ClFN2O2. The number of rotatable bonds is 6. The summed E-state index contributed by atoms with van der Waals surface area (Å²) in [5.41, 5.74) is 4.68. The molecular weight excluding hydrogens is 427 g/mol. The van der Waals surface area contributed by atoms with E-state index in [-0.39, 0.29) is 24.0 Å². The average molecular weight is 449 g/mol. The quantitative estimate of drug-likeness (QED) is 0.504. The van der Waals surface area contributed by atoms with Crippen molar-refractivity contribution in [3.05, 3.63) is 106 Å². The third kappa shape index (κ3) is 4.43. The van der Waals surface area contributed by atoms with Crippen LogP contribution < -0.4 is 5.32 Å². The van der Waals surface area contributed by atoms with Gasteiger partial charge < -0.3 is 5.32 Å². The van der Waals surface area contributed by atoms with Gasteiger partial charge in [0.25, 0.3) is 11.8 Å². The van der Waals surface area contributed by atoms with E-state index in [2.05, 4.69) is 5.32 Å². The number of imide groups is 1. The molecule has 0 bridgehead atoms. The molecule has 32 heavy (non-hydrogen) atoms. The minimum atomic E-state index is -0.396. The molecule has 1 aliphatic rings. The van der Waals surface area contributed by atoms with Crippen molar-refractivity contribution in [1.29, 1.82) is 0 Å². The zero-order valence-corrected chi connectivity index (χ0v) is 18.5. The third-order valence-corrected chi connectivity index (χ3v) is 5.74. The van der Waals surface area contributed by atoms with Crippen molar-refractivity contribution in [2.24, 2.45) is 0 Å². The normalized spacial score (nSPS) is 13.8. The second-order valence-corrected chi connectivity index (χ2v) is 8.28. The Morgan fingerprint density at radius 2 is 1.59 bits per heavy atom. The van der Waals surface area contributed by atoms with Crippen LogP contribution in [0.5, 0.6) is 0 Å². The van der Waals surface area contributed by atoms with Gasteiger partial charge in [0.1, 0.15) is 11.5 Å². The minimum absolute atomic E-state index is 0.193. The Bertz CT molecular complexity index is 1220. The van der Waals surface area contributed by atoms with Crippen LogP contribution in [0, 0.1) is 19.7 Å². The lowest BCUT2D eigenvalue weighted by Gasteiger charge is -2.16. The molecule has 0 aromatic heterocycles. The highest BCUT2D eigenvalue weighted by Crippen LogP contribution is 2.32. The number of hydrogen-bond acceptors (Lipinski definition) is 3.